The molecule has 0 saturated heterocycles. The fraction of sp³-hybridized carbons (Fsp3) is 0.0435. The fourth-order valence-electron chi connectivity index (χ4n) is 3.23. The number of hydrogen-bond acceptors (Lipinski definition) is 2. The molecular weight excluding hydrogens is 407 g/mol. The van der Waals surface area contributed by atoms with Crippen LogP contribution in [0.15, 0.2) is 72.9 Å². The summed E-state index contributed by atoms with van der Waals surface area (Å²) in [5.74, 6) is -1.41. The van der Waals surface area contributed by atoms with Crippen LogP contribution in [0.1, 0.15) is 16.1 Å². The lowest BCUT2D eigenvalue weighted by atomic mass is 10.0. The summed E-state index contributed by atoms with van der Waals surface area (Å²) < 4.78 is 1.72. The summed E-state index contributed by atoms with van der Waals surface area (Å²) in [5.41, 5.74) is 4.15. The Morgan fingerprint density at radius 3 is 2.28 bits per heavy atom. The molecule has 4 aromatic rings. The quantitative estimate of drug-likeness (QED) is 0.321. The molecule has 1 N–H and O–H groups in total. The number of pyridine rings is 1. The molecule has 0 aliphatic carbocycles. The maximum atomic E-state index is 13.2. The minimum atomic E-state index is -0.763. The predicted octanol–water partition coefficient (Wildman–Crippen LogP) is 6.04. The molecule has 4 rings (SSSR count). The Bertz CT molecular complexity index is 1220. The van der Waals surface area contributed by atoms with Gasteiger partial charge in [-0.3, -0.25) is 9.59 Å². The zero-order valence-electron chi connectivity index (χ0n) is 15.4. The normalized spacial score (nSPS) is 10.9. The minimum Gasteiger partial charge on any atom is -0.319 e. The van der Waals surface area contributed by atoms with Gasteiger partial charge in [0.1, 0.15) is 5.69 Å². The number of hydrogen-bond donors (Lipinski definition) is 1. The summed E-state index contributed by atoms with van der Waals surface area (Å²) >= 11 is 12.0. The van der Waals surface area contributed by atoms with Gasteiger partial charge in [-0.2, -0.15) is 0 Å². The van der Waals surface area contributed by atoms with Gasteiger partial charge in [0.05, 0.1) is 0 Å². The van der Waals surface area contributed by atoms with Crippen molar-refractivity contribution in [3.63, 3.8) is 0 Å². The van der Waals surface area contributed by atoms with E-state index in [0.717, 1.165) is 16.6 Å². The number of halogens is 2. The molecule has 0 aliphatic heterocycles. The van der Waals surface area contributed by atoms with Crippen LogP contribution < -0.4 is 5.32 Å². The van der Waals surface area contributed by atoms with Crippen molar-refractivity contribution < 1.29 is 9.59 Å². The summed E-state index contributed by atoms with van der Waals surface area (Å²) in [6, 6.07) is 19.9. The zero-order valence-corrected chi connectivity index (χ0v) is 17.0. The Balaban J connectivity index is 1.77. The van der Waals surface area contributed by atoms with Gasteiger partial charge in [0.25, 0.3) is 11.7 Å². The van der Waals surface area contributed by atoms with Crippen LogP contribution in [-0.2, 0) is 4.79 Å². The van der Waals surface area contributed by atoms with Gasteiger partial charge in [0.2, 0.25) is 0 Å². The SMILES string of the molecule is Cc1ccc(-c2cc3ccccn3c2C(=O)C(=O)Nc2cc(Cl)cc(Cl)c2)cc1. The van der Waals surface area contributed by atoms with Crippen molar-refractivity contribution in [2.45, 2.75) is 6.92 Å². The maximum absolute atomic E-state index is 13.2. The number of aromatic nitrogens is 1. The van der Waals surface area contributed by atoms with Gasteiger partial charge in [-0.1, -0.05) is 59.1 Å². The number of nitrogens with one attached hydrogen (secondary N) is 1. The van der Waals surface area contributed by atoms with Crippen LogP contribution in [0, 0.1) is 6.92 Å². The summed E-state index contributed by atoms with van der Waals surface area (Å²) in [6.07, 6.45) is 1.77. The van der Waals surface area contributed by atoms with Gasteiger partial charge in [-0.05, 0) is 48.9 Å². The Hall–Kier alpha value is -3.08. The smallest absolute Gasteiger partial charge is 0.298 e. The van der Waals surface area contributed by atoms with Gasteiger partial charge >= 0.3 is 0 Å². The zero-order chi connectivity index (χ0) is 20.5. The number of Topliss-reactive ketones (excluding diaryl/α,β-unsaturated/α-hetero) is 1. The average Bonchev–Trinajstić information content (AvgIpc) is 3.06. The molecule has 0 unspecified atom stereocenters. The molecule has 1 amide bonds. The molecule has 0 spiro atoms. The van der Waals surface area contributed by atoms with Crippen LogP contribution in [0.2, 0.25) is 10.0 Å². The molecule has 0 radical (unpaired) electrons. The summed E-state index contributed by atoms with van der Waals surface area (Å²) in [6.45, 7) is 2.00. The molecule has 2 heterocycles. The largest absolute Gasteiger partial charge is 0.319 e. The highest BCUT2D eigenvalue weighted by Crippen LogP contribution is 2.29. The first-order valence-electron chi connectivity index (χ1n) is 8.91. The summed E-state index contributed by atoms with van der Waals surface area (Å²) in [5, 5.41) is 3.33. The first-order chi connectivity index (χ1) is 13.9. The molecule has 6 heteroatoms. The van der Waals surface area contributed by atoms with Crippen molar-refractivity contribution in [1.82, 2.24) is 4.40 Å². The van der Waals surface area contributed by atoms with Crippen molar-refractivity contribution in [3.8, 4) is 11.1 Å². The molecular formula is C23H16Cl2N2O2. The number of benzene rings is 2. The first-order valence-corrected chi connectivity index (χ1v) is 9.67. The Labute approximate surface area is 177 Å². The highest BCUT2D eigenvalue weighted by atomic mass is 35.5. The first kappa shape index (κ1) is 19.2. The number of carbonyl (C=O) groups excluding carboxylic acids is 2. The molecule has 0 bridgehead atoms. The van der Waals surface area contributed by atoms with E-state index in [1.165, 1.54) is 12.1 Å². The van der Waals surface area contributed by atoms with Crippen LogP contribution >= 0.6 is 23.2 Å². The molecule has 0 fully saturated rings. The van der Waals surface area contributed by atoms with E-state index in [1.807, 2.05) is 55.5 Å². The molecule has 0 aliphatic rings. The highest BCUT2D eigenvalue weighted by Gasteiger charge is 2.25. The van der Waals surface area contributed by atoms with Gasteiger partial charge in [0.15, 0.2) is 0 Å². The van der Waals surface area contributed by atoms with Gasteiger partial charge in [0, 0.05) is 33.0 Å². The van der Waals surface area contributed by atoms with Crippen LogP contribution in [0.25, 0.3) is 16.6 Å². The number of carbonyl (C=O) groups is 2. The third-order valence-electron chi connectivity index (χ3n) is 4.58. The van der Waals surface area contributed by atoms with Crippen LogP contribution in [0.5, 0.6) is 0 Å². The highest BCUT2D eigenvalue weighted by molar-refractivity contribution is 6.47. The second-order valence-corrected chi connectivity index (χ2v) is 7.58. The topological polar surface area (TPSA) is 50.6 Å². The van der Waals surface area contributed by atoms with Crippen molar-refractivity contribution in [2.75, 3.05) is 5.32 Å². The maximum Gasteiger partial charge on any atom is 0.298 e. The van der Waals surface area contributed by atoms with E-state index < -0.39 is 11.7 Å². The van der Waals surface area contributed by atoms with Gasteiger partial charge in [-0.15, -0.1) is 0 Å². The molecule has 144 valence electrons. The molecule has 2 aromatic carbocycles. The van der Waals surface area contributed by atoms with E-state index in [-0.39, 0.29) is 0 Å². The Morgan fingerprint density at radius 1 is 0.897 bits per heavy atom. The molecule has 0 saturated carbocycles. The number of ketones is 1. The number of fused-ring (bicyclic) bond motifs is 1. The van der Waals surface area contributed by atoms with E-state index >= 15 is 0 Å². The second-order valence-electron chi connectivity index (χ2n) is 6.71. The lowest BCUT2D eigenvalue weighted by Crippen LogP contribution is -2.24. The fourth-order valence-corrected chi connectivity index (χ4v) is 3.76. The standard InChI is InChI=1S/C23H16Cl2N2O2/c1-14-5-7-15(8-6-14)20-13-19-4-2-3-9-27(19)21(20)22(28)23(29)26-18-11-16(24)10-17(25)12-18/h2-13H,1H3,(H,26,29). The number of anilines is 1. The Kier molecular flexibility index (Phi) is 5.14. The molecule has 2 aromatic heterocycles. The number of amides is 1. The summed E-state index contributed by atoms with van der Waals surface area (Å²) in [7, 11) is 0. The van der Waals surface area contributed by atoms with Crippen LogP contribution in [0.3, 0.4) is 0 Å². The van der Waals surface area contributed by atoms with Crippen LogP contribution in [0.4, 0.5) is 5.69 Å². The monoisotopic (exact) mass is 422 g/mol. The summed E-state index contributed by atoms with van der Waals surface area (Å²) in [4.78, 5) is 25.9. The number of nitrogens with zero attached hydrogens (tertiary/aromatic N) is 1. The number of aryl methyl sites for hydroxylation is 1. The predicted molar refractivity (Wildman–Crippen MR) is 117 cm³/mol. The van der Waals surface area contributed by atoms with Crippen molar-refractivity contribution in [2.24, 2.45) is 0 Å². The van der Waals surface area contributed by atoms with Crippen molar-refractivity contribution in [3.05, 3.63) is 94.2 Å². The van der Waals surface area contributed by atoms with Gasteiger partial charge < -0.3 is 9.72 Å². The van der Waals surface area contributed by atoms with E-state index in [1.54, 1.807) is 16.7 Å². The molecule has 0 atom stereocenters. The lowest BCUT2D eigenvalue weighted by Gasteiger charge is -2.08. The lowest BCUT2D eigenvalue weighted by molar-refractivity contribution is -0.112. The van der Waals surface area contributed by atoms with E-state index in [2.05, 4.69) is 5.32 Å². The molecule has 4 nitrogen and oxygen atoms in total. The Morgan fingerprint density at radius 2 is 1.59 bits per heavy atom. The minimum absolute atomic E-state index is 0.301. The average molecular weight is 423 g/mol. The van der Waals surface area contributed by atoms with E-state index in [9.17, 15) is 9.59 Å². The van der Waals surface area contributed by atoms with E-state index in [4.69, 9.17) is 23.2 Å². The number of rotatable bonds is 4. The van der Waals surface area contributed by atoms with Crippen molar-refractivity contribution >= 4 is 46.1 Å². The van der Waals surface area contributed by atoms with E-state index in [0.29, 0.717) is 27.0 Å². The molecule has 29 heavy (non-hydrogen) atoms. The third-order valence-corrected chi connectivity index (χ3v) is 5.02. The van der Waals surface area contributed by atoms with Crippen molar-refractivity contribution in [1.29, 1.82) is 0 Å². The van der Waals surface area contributed by atoms with Crippen LogP contribution in [-0.4, -0.2) is 16.1 Å². The van der Waals surface area contributed by atoms with Gasteiger partial charge in [-0.25, -0.2) is 0 Å². The third kappa shape index (κ3) is 3.90. The second kappa shape index (κ2) is 7.74.